The minimum absolute atomic E-state index is 0.889. The zero-order valence-corrected chi connectivity index (χ0v) is 30.6. The molecule has 3 heteroatoms. The van der Waals surface area contributed by atoms with E-state index in [2.05, 4.69) is 193 Å². The first-order chi connectivity index (χ1) is 27.3. The SMILES string of the molecule is c1ccc(-c2cccc3ccccc23)c(-c2ccc(N(c3ccccc3-c3ccc4c(c3)oc3ccccc34)c3cccc4sc5ccccc5c34)cc2)c1. The molecule has 0 amide bonds. The molecule has 0 aliphatic carbocycles. The Kier molecular flexibility index (Phi) is 7.39. The molecule has 0 spiro atoms. The second-order valence-corrected chi connectivity index (χ2v) is 15.1. The Morgan fingerprint density at radius 2 is 0.964 bits per heavy atom. The third kappa shape index (κ3) is 5.24. The van der Waals surface area contributed by atoms with Crippen molar-refractivity contribution in [1.29, 1.82) is 0 Å². The van der Waals surface area contributed by atoms with Crippen molar-refractivity contribution in [2.24, 2.45) is 0 Å². The molecule has 0 N–H and O–H groups in total. The first kappa shape index (κ1) is 31.6. The summed E-state index contributed by atoms with van der Waals surface area (Å²) in [4.78, 5) is 2.44. The number of thiophene rings is 1. The van der Waals surface area contributed by atoms with Gasteiger partial charge in [-0.15, -0.1) is 11.3 Å². The van der Waals surface area contributed by atoms with E-state index in [1.54, 1.807) is 0 Å². The number of hydrogen-bond donors (Lipinski definition) is 0. The predicted molar refractivity (Wildman–Crippen MR) is 235 cm³/mol. The van der Waals surface area contributed by atoms with Crippen molar-refractivity contribution in [2.45, 2.75) is 0 Å². The van der Waals surface area contributed by atoms with E-state index in [-0.39, 0.29) is 0 Å². The molecule has 2 aromatic heterocycles. The first-order valence-electron chi connectivity index (χ1n) is 18.7. The van der Waals surface area contributed by atoms with Crippen LogP contribution in [0.4, 0.5) is 17.1 Å². The van der Waals surface area contributed by atoms with E-state index in [4.69, 9.17) is 4.42 Å². The Bertz CT molecular complexity index is 3220. The van der Waals surface area contributed by atoms with Gasteiger partial charge in [-0.1, -0.05) is 146 Å². The third-order valence-electron chi connectivity index (χ3n) is 10.9. The molecule has 0 saturated carbocycles. The molecule has 2 heterocycles. The summed E-state index contributed by atoms with van der Waals surface area (Å²) in [6, 6.07) is 72.2. The number of benzene rings is 9. The maximum absolute atomic E-state index is 6.39. The van der Waals surface area contributed by atoms with Gasteiger partial charge in [0.15, 0.2) is 0 Å². The van der Waals surface area contributed by atoms with Crippen molar-refractivity contribution in [3.8, 4) is 33.4 Å². The van der Waals surface area contributed by atoms with E-state index in [1.165, 1.54) is 53.2 Å². The van der Waals surface area contributed by atoms with Gasteiger partial charge in [0.25, 0.3) is 0 Å². The number of furan rings is 1. The van der Waals surface area contributed by atoms with Crippen molar-refractivity contribution in [3.05, 3.63) is 200 Å². The molecule has 258 valence electrons. The molecular weight excluding hydrogens is 687 g/mol. The highest BCUT2D eigenvalue weighted by Crippen LogP contribution is 2.48. The highest BCUT2D eigenvalue weighted by atomic mass is 32.1. The van der Waals surface area contributed by atoms with Crippen LogP contribution in [0.1, 0.15) is 0 Å². The van der Waals surface area contributed by atoms with Crippen LogP contribution < -0.4 is 4.90 Å². The number of nitrogens with zero attached hydrogens (tertiary/aromatic N) is 1. The van der Waals surface area contributed by atoms with Crippen LogP contribution in [0.5, 0.6) is 0 Å². The minimum Gasteiger partial charge on any atom is -0.456 e. The lowest BCUT2D eigenvalue weighted by Gasteiger charge is -2.29. The van der Waals surface area contributed by atoms with E-state index in [0.29, 0.717) is 0 Å². The van der Waals surface area contributed by atoms with Crippen LogP contribution >= 0.6 is 11.3 Å². The molecule has 0 atom stereocenters. The largest absolute Gasteiger partial charge is 0.456 e. The number of fused-ring (bicyclic) bond motifs is 7. The topological polar surface area (TPSA) is 16.4 Å². The van der Waals surface area contributed by atoms with Crippen LogP contribution in [0, 0.1) is 0 Å². The first-order valence-corrected chi connectivity index (χ1v) is 19.5. The van der Waals surface area contributed by atoms with Gasteiger partial charge in [0.1, 0.15) is 11.2 Å². The lowest BCUT2D eigenvalue weighted by Crippen LogP contribution is -2.11. The Labute approximate surface area is 322 Å². The molecule has 0 bridgehead atoms. The van der Waals surface area contributed by atoms with Gasteiger partial charge in [0.2, 0.25) is 0 Å². The zero-order chi connectivity index (χ0) is 36.3. The molecule has 2 nitrogen and oxygen atoms in total. The highest BCUT2D eigenvalue weighted by molar-refractivity contribution is 7.26. The van der Waals surface area contributed by atoms with Gasteiger partial charge in [-0.3, -0.25) is 0 Å². The monoisotopic (exact) mass is 719 g/mol. The van der Waals surface area contributed by atoms with Crippen LogP contribution in [0.25, 0.3) is 86.3 Å². The van der Waals surface area contributed by atoms with E-state index in [0.717, 1.165) is 50.1 Å². The second kappa shape index (κ2) is 12.9. The Morgan fingerprint density at radius 3 is 1.85 bits per heavy atom. The van der Waals surface area contributed by atoms with Crippen LogP contribution in [0.15, 0.2) is 205 Å². The molecule has 0 saturated heterocycles. The Morgan fingerprint density at radius 1 is 0.364 bits per heavy atom. The van der Waals surface area contributed by atoms with Gasteiger partial charge >= 0.3 is 0 Å². The fourth-order valence-electron chi connectivity index (χ4n) is 8.38. The van der Waals surface area contributed by atoms with E-state index in [9.17, 15) is 0 Å². The lowest BCUT2D eigenvalue weighted by molar-refractivity contribution is 0.669. The summed E-state index contributed by atoms with van der Waals surface area (Å²) in [6.45, 7) is 0. The zero-order valence-electron chi connectivity index (χ0n) is 29.8. The maximum atomic E-state index is 6.39. The number of anilines is 3. The van der Waals surface area contributed by atoms with Gasteiger partial charge < -0.3 is 9.32 Å². The molecule has 0 aliphatic rings. The highest BCUT2D eigenvalue weighted by Gasteiger charge is 2.22. The summed E-state index contributed by atoms with van der Waals surface area (Å²) in [5.74, 6) is 0. The Balaban J connectivity index is 1.10. The average molecular weight is 720 g/mol. The predicted octanol–water partition coefficient (Wildman–Crippen LogP) is 15.6. The summed E-state index contributed by atoms with van der Waals surface area (Å²) in [5.41, 5.74) is 12.2. The molecule has 55 heavy (non-hydrogen) atoms. The van der Waals surface area contributed by atoms with Gasteiger partial charge in [-0.05, 0) is 93.2 Å². The second-order valence-electron chi connectivity index (χ2n) is 14.0. The summed E-state index contributed by atoms with van der Waals surface area (Å²) in [6.07, 6.45) is 0. The molecular formula is C52H33NOS. The van der Waals surface area contributed by atoms with Gasteiger partial charge in [0, 0.05) is 42.2 Å². The minimum atomic E-state index is 0.889. The van der Waals surface area contributed by atoms with Crippen LogP contribution in [-0.4, -0.2) is 0 Å². The van der Waals surface area contributed by atoms with Crippen LogP contribution in [-0.2, 0) is 0 Å². The van der Waals surface area contributed by atoms with Gasteiger partial charge in [-0.25, -0.2) is 0 Å². The average Bonchev–Trinajstić information content (AvgIpc) is 3.83. The summed E-state index contributed by atoms with van der Waals surface area (Å²) >= 11 is 1.85. The van der Waals surface area contributed by atoms with Crippen molar-refractivity contribution < 1.29 is 4.42 Å². The normalized spacial score (nSPS) is 11.6. The quantitative estimate of drug-likeness (QED) is 0.170. The van der Waals surface area contributed by atoms with E-state index < -0.39 is 0 Å². The van der Waals surface area contributed by atoms with Crippen LogP contribution in [0.2, 0.25) is 0 Å². The van der Waals surface area contributed by atoms with Gasteiger partial charge in [0.05, 0.1) is 11.4 Å². The fraction of sp³-hybridized carbons (Fsp3) is 0. The van der Waals surface area contributed by atoms with E-state index in [1.807, 2.05) is 23.5 Å². The molecule has 0 fully saturated rings. The molecule has 9 aromatic carbocycles. The maximum Gasteiger partial charge on any atom is 0.136 e. The lowest BCUT2D eigenvalue weighted by atomic mass is 9.91. The van der Waals surface area contributed by atoms with Crippen molar-refractivity contribution >= 4 is 81.3 Å². The molecule has 0 unspecified atom stereocenters. The summed E-state index contributed by atoms with van der Waals surface area (Å²) in [5, 5.41) is 7.29. The standard InChI is InChI=1S/C52H33NOS/c1-2-15-38-34(13-1)14-11-21-42(38)41-18-4-3-16-39(41)35-27-30-37(31-28-35)53(47-23-12-26-51-52(47)45-20-7-10-25-50(45)55-51)46-22-8-5-17-40(46)36-29-32-44-43-19-6-9-24-48(43)54-49(44)33-36/h1-33H. The van der Waals surface area contributed by atoms with Crippen molar-refractivity contribution in [1.82, 2.24) is 0 Å². The van der Waals surface area contributed by atoms with Crippen molar-refractivity contribution in [3.63, 3.8) is 0 Å². The van der Waals surface area contributed by atoms with Crippen LogP contribution in [0.3, 0.4) is 0 Å². The number of rotatable bonds is 6. The number of hydrogen-bond acceptors (Lipinski definition) is 3. The summed E-state index contributed by atoms with van der Waals surface area (Å²) < 4.78 is 8.94. The Hall–Kier alpha value is -6.94. The van der Waals surface area contributed by atoms with E-state index >= 15 is 0 Å². The molecule has 0 radical (unpaired) electrons. The fourth-order valence-corrected chi connectivity index (χ4v) is 9.50. The summed E-state index contributed by atoms with van der Waals surface area (Å²) in [7, 11) is 0. The molecule has 11 rings (SSSR count). The van der Waals surface area contributed by atoms with Gasteiger partial charge in [-0.2, -0.15) is 0 Å². The number of para-hydroxylation sites is 2. The van der Waals surface area contributed by atoms with Crippen molar-refractivity contribution in [2.75, 3.05) is 4.90 Å². The smallest absolute Gasteiger partial charge is 0.136 e. The molecule has 11 aromatic rings. The third-order valence-corrected chi connectivity index (χ3v) is 12.0. The molecule has 0 aliphatic heterocycles.